The topological polar surface area (TPSA) is 19.4 Å². The molecule has 0 radical (unpaired) electrons. The summed E-state index contributed by atoms with van der Waals surface area (Å²) in [5, 5.41) is 0.787. The van der Waals surface area contributed by atoms with E-state index in [0.717, 1.165) is 43.9 Å². The number of thiazole rings is 1. The van der Waals surface area contributed by atoms with Gasteiger partial charge in [-0.2, -0.15) is 0 Å². The fourth-order valence-electron chi connectivity index (χ4n) is 2.34. The van der Waals surface area contributed by atoms with Crippen molar-refractivity contribution in [1.29, 1.82) is 0 Å². The van der Waals surface area contributed by atoms with Crippen molar-refractivity contribution in [1.82, 2.24) is 9.88 Å². The van der Waals surface area contributed by atoms with E-state index in [0.29, 0.717) is 4.70 Å². The molecule has 1 saturated heterocycles. The Balaban J connectivity index is 1.88. The second-order valence-corrected chi connectivity index (χ2v) is 5.66. The molecule has 1 aliphatic rings. The van der Waals surface area contributed by atoms with Gasteiger partial charge in [0.25, 0.3) is 0 Å². The number of likely N-dealkylation sites (N-methyl/N-ethyl adjacent to an activating group) is 1. The highest BCUT2D eigenvalue weighted by atomic mass is 32.1. The van der Waals surface area contributed by atoms with Crippen molar-refractivity contribution in [3.8, 4) is 0 Å². The Kier molecular flexibility index (Phi) is 3.36. The fourth-order valence-corrected chi connectivity index (χ4v) is 3.39. The van der Waals surface area contributed by atoms with Crippen molar-refractivity contribution >= 4 is 26.7 Å². The number of rotatable bonds is 2. The first-order chi connectivity index (χ1) is 9.17. The Morgan fingerprint density at radius 3 is 2.63 bits per heavy atom. The van der Waals surface area contributed by atoms with Crippen molar-refractivity contribution in [2.45, 2.75) is 6.92 Å². The smallest absolute Gasteiger partial charge is 0.186 e. The fraction of sp³-hybridized carbons (Fsp3) is 0.462. The van der Waals surface area contributed by atoms with Crippen LogP contribution in [0.3, 0.4) is 0 Å². The van der Waals surface area contributed by atoms with Crippen molar-refractivity contribution in [2.24, 2.45) is 0 Å². The molecule has 1 fully saturated rings. The number of nitrogens with zero attached hydrogens (tertiary/aromatic N) is 3. The van der Waals surface area contributed by atoms with Gasteiger partial charge in [-0.05, 0) is 12.6 Å². The minimum absolute atomic E-state index is 0.277. The van der Waals surface area contributed by atoms with Gasteiger partial charge >= 0.3 is 0 Å². The minimum atomic E-state index is -0.579. The van der Waals surface area contributed by atoms with Crippen LogP contribution >= 0.6 is 11.3 Å². The molecule has 1 aromatic carbocycles. The Hall–Kier alpha value is -1.27. The summed E-state index contributed by atoms with van der Waals surface area (Å²) in [6.45, 7) is 6.95. The molecule has 2 heterocycles. The van der Waals surface area contributed by atoms with Crippen molar-refractivity contribution in [3.63, 3.8) is 0 Å². The molecule has 3 rings (SSSR count). The Morgan fingerprint density at radius 2 is 1.95 bits per heavy atom. The molecule has 3 nitrogen and oxygen atoms in total. The van der Waals surface area contributed by atoms with Crippen molar-refractivity contribution in [2.75, 3.05) is 37.6 Å². The van der Waals surface area contributed by atoms with Gasteiger partial charge in [-0.15, -0.1) is 0 Å². The lowest BCUT2D eigenvalue weighted by Crippen LogP contribution is -2.46. The standard InChI is InChI=1S/C13H15F2N3S/c1-2-17-3-5-18(6-4-17)13-16-12-10(15)7-9(14)8-11(12)19-13/h7-8H,2-6H2,1H3. The molecule has 0 unspecified atom stereocenters. The Labute approximate surface area is 114 Å². The molecule has 0 spiro atoms. The summed E-state index contributed by atoms with van der Waals surface area (Å²) in [5.74, 6) is -1.12. The number of anilines is 1. The maximum atomic E-state index is 13.6. The van der Waals surface area contributed by atoms with E-state index in [2.05, 4.69) is 21.7 Å². The zero-order valence-electron chi connectivity index (χ0n) is 10.7. The van der Waals surface area contributed by atoms with Crippen LogP contribution in [0.5, 0.6) is 0 Å². The number of halogens is 2. The van der Waals surface area contributed by atoms with Crippen LogP contribution in [-0.2, 0) is 0 Å². The van der Waals surface area contributed by atoms with E-state index < -0.39 is 11.6 Å². The molecule has 0 aliphatic carbocycles. The Bertz CT molecular complexity index is 591. The van der Waals surface area contributed by atoms with Crippen molar-refractivity contribution in [3.05, 3.63) is 23.8 Å². The lowest BCUT2D eigenvalue weighted by Gasteiger charge is -2.33. The number of fused-ring (bicyclic) bond motifs is 1. The average Bonchev–Trinajstić information content (AvgIpc) is 2.83. The van der Waals surface area contributed by atoms with Gasteiger partial charge in [0.05, 0.1) is 4.70 Å². The first-order valence-electron chi connectivity index (χ1n) is 6.40. The van der Waals surface area contributed by atoms with E-state index in [9.17, 15) is 8.78 Å². The zero-order valence-corrected chi connectivity index (χ0v) is 11.5. The van der Waals surface area contributed by atoms with Gasteiger partial charge in [0.2, 0.25) is 0 Å². The molecule has 0 atom stereocenters. The normalized spacial score (nSPS) is 17.3. The molecule has 6 heteroatoms. The van der Waals surface area contributed by atoms with Crippen LogP contribution in [0.25, 0.3) is 10.2 Å². The summed E-state index contributed by atoms with van der Waals surface area (Å²) in [5.41, 5.74) is 0.277. The molecule has 1 aliphatic heterocycles. The maximum Gasteiger partial charge on any atom is 0.186 e. The third-order valence-electron chi connectivity index (χ3n) is 3.49. The molecular weight excluding hydrogens is 268 g/mol. The van der Waals surface area contributed by atoms with E-state index in [1.807, 2.05) is 0 Å². The summed E-state index contributed by atoms with van der Waals surface area (Å²) in [6.07, 6.45) is 0. The molecule has 102 valence electrons. The molecule has 0 bridgehead atoms. The van der Waals surface area contributed by atoms with E-state index in [-0.39, 0.29) is 5.52 Å². The molecule has 0 N–H and O–H groups in total. The number of hydrogen-bond donors (Lipinski definition) is 0. The van der Waals surface area contributed by atoms with Crippen LogP contribution in [-0.4, -0.2) is 42.6 Å². The third-order valence-corrected chi connectivity index (χ3v) is 4.56. The summed E-state index contributed by atoms with van der Waals surface area (Å²) in [6, 6.07) is 2.24. The highest BCUT2D eigenvalue weighted by Crippen LogP contribution is 2.31. The van der Waals surface area contributed by atoms with Crippen LogP contribution in [0.15, 0.2) is 12.1 Å². The van der Waals surface area contributed by atoms with Crippen LogP contribution in [0, 0.1) is 11.6 Å². The van der Waals surface area contributed by atoms with Crippen LogP contribution < -0.4 is 4.90 Å². The molecule has 0 saturated carbocycles. The summed E-state index contributed by atoms with van der Waals surface area (Å²) in [4.78, 5) is 8.82. The van der Waals surface area contributed by atoms with Crippen molar-refractivity contribution < 1.29 is 8.78 Å². The van der Waals surface area contributed by atoms with Gasteiger partial charge in [0.15, 0.2) is 10.9 Å². The van der Waals surface area contributed by atoms with E-state index in [1.54, 1.807) is 0 Å². The Morgan fingerprint density at radius 1 is 1.21 bits per heavy atom. The number of hydrogen-bond acceptors (Lipinski definition) is 4. The van der Waals surface area contributed by atoms with Gasteiger partial charge in [-0.3, -0.25) is 0 Å². The van der Waals surface area contributed by atoms with Gasteiger partial charge in [-0.1, -0.05) is 18.3 Å². The van der Waals surface area contributed by atoms with Crippen LogP contribution in [0.4, 0.5) is 13.9 Å². The molecule has 19 heavy (non-hydrogen) atoms. The number of benzene rings is 1. The largest absolute Gasteiger partial charge is 0.345 e. The van der Waals surface area contributed by atoms with E-state index in [4.69, 9.17) is 0 Å². The quantitative estimate of drug-likeness (QED) is 0.845. The highest BCUT2D eigenvalue weighted by Gasteiger charge is 2.20. The predicted molar refractivity (Wildman–Crippen MR) is 73.9 cm³/mol. The first-order valence-corrected chi connectivity index (χ1v) is 7.22. The lowest BCUT2D eigenvalue weighted by atomic mass is 10.3. The monoisotopic (exact) mass is 283 g/mol. The predicted octanol–water partition coefficient (Wildman–Crippen LogP) is 2.72. The third kappa shape index (κ3) is 2.42. The first kappa shape index (κ1) is 12.7. The molecule has 0 amide bonds. The van der Waals surface area contributed by atoms with Gasteiger partial charge < -0.3 is 9.80 Å². The summed E-state index contributed by atoms with van der Waals surface area (Å²) >= 11 is 1.36. The van der Waals surface area contributed by atoms with Gasteiger partial charge in [0.1, 0.15) is 11.3 Å². The molecule has 2 aromatic rings. The number of piperazine rings is 1. The van der Waals surface area contributed by atoms with E-state index in [1.165, 1.54) is 17.4 Å². The lowest BCUT2D eigenvalue weighted by molar-refractivity contribution is 0.271. The molecular formula is C13H15F2N3S. The average molecular weight is 283 g/mol. The maximum absolute atomic E-state index is 13.6. The second kappa shape index (κ2) is 5.02. The molecule has 1 aromatic heterocycles. The van der Waals surface area contributed by atoms with E-state index >= 15 is 0 Å². The highest BCUT2D eigenvalue weighted by molar-refractivity contribution is 7.22. The summed E-state index contributed by atoms with van der Waals surface area (Å²) < 4.78 is 27.4. The van der Waals surface area contributed by atoms with Crippen LogP contribution in [0.2, 0.25) is 0 Å². The zero-order chi connectivity index (χ0) is 13.4. The van der Waals surface area contributed by atoms with Gasteiger partial charge in [0, 0.05) is 32.2 Å². The van der Waals surface area contributed by atoms with Crippen LogP contribution in [0.1, 0.15) is 6.92 Å². The van der Waals surface area contributed by atoms with Gasteiger partial charge in [-0.25, -0.2) is 13.8 Å². The SMILES string of the molecule is CCN1CCN(c2nc3c(F)cc(F)cc3s2)CC1. The number of aromatic nitrogens is 1. The summed E-state index contributed by atoms with van der Waals surface area (Å²) in [7, 11) is 0. The second-order valence-electron chi connectivity index (χ2n) is 4.65. The minimum Gasteiger partial charge on any atom is -0.345 e.